The number of benzene rings is 3. The molecule has 0 aliphatic carbocycles. The van der Waals surface area contributed by atoms with Crippen LogP contribution in [-0.2, 0) is 0 Å². The fraction of sp³-hybridized carbons (Fsp3) is 0.222. The fourth-order valence-electron chi connectivity index (χ4n) is 4.88. The van der Waals surface area contributed by atoms with Gasteiger partial charge in [0.2, 0.25) is 0 Å². The van der Waals surface area contributed by atoms with Gasteiger partial charge >= 0.3 is 0 Å². The Morgan fingerprint density at radius 2 is 1.14 bits per heavy atom. The topological polar surface area (TPSA) is 67.9 Å². The predicted molar refractivity (Wildman–Crippen MR) is 140 cm³/mol. The Labute approximate surface area is 210 Å². The summed E-state index contributed by atoms with van der Waals surface area (Å²) in [5.74, 6) is -0.0718. The zero-order valence-electron chi connectivity index (χ0n) is 19.3. The third-order valence-corrected chi connectivity index (χ3v) is 6.49. The lowest BCUT2D eigenvalue weighted by molar-refractivity contribution is -0.0441. The monoisotopic (exact) mass is 485 g/mol. The van der Waals surface area contributed by atoms with Gasteiger partial charge in [-0.2, -0.15) is 0 Å². The summed E-state index contributed by atoms with van der Waals surface area (Å²) in [5, 5.41) is 7.17. The van der Waals surface area contributed by atoms with Gasteiger partial charge in [-0.3, -0.25) is 14.5 Å². The average Bonchev–Trinajstić information content (AvgIpc) is 2.88. The lowest BCUT2D eigenvalue weighted by Crippen LogP contribution is -2.76. The highest BCUT2D eigenvalue weighted by Gasteiger charge is 2.47. The number of rotatable bonds is 4. The first-order chi connectivity index (χ1) is 17.0. The molecule has 2 N–H and O–H groups in total. The molecule has 3 aromatic rings. The van der Waals surface area contributed by atoms with Crippen LogP contribution in [-0.4, -0.2) is 70.1 Å². The first kappa shape index (κ1) is 23.0. The van der Waals surface area contributed by atoms with E-state index < -0.39 is 5.54 Å². The van der Waals surface area contributed by atoms with Gasteiger partial charge in [0, 0.05) is 36.4 Å². The number of carbonyl (C=O) groups is 2. The Kier molecular flexibility index (Phi) is 6.48. The summed E-state index contributed by atoms with van der Waals surface area (Å²) in [6.07, 6.45) is 0. The second-order valence-electron chi connectivity index (χ2n) is 9.08. The second-order valence-corrected chi connectivity index (χ2v) is 9.48. The van der Waals surface area contributed by atoms with Crippen molar-refractivity contribution in [2.45, 2.75) is 5.54 Å². The average molecular weight is 486 g/mol. The summed E-state index contributed by atoms with van der Waals surface area (Å²) in [6, 6.07) is 28.3. The molecule has 0 spiro atoms. The second kappa shape index (κ2) is 9.85. The molecule has 178 valence electrons. The Morgan fingerprint density at radius 3 is 1.63 bits per heavy atom. The molecule has 2 saturated heterocycles. The molecule has 0 unspecified atom stereocenters. The molecule has 0 saturated carbocycles. The Hall–Kier alpha value is -3.75. The van der Waals surface area contributed by atoms with Crippen molar-refractivity contribution in [3.8, 4) is 0 Å². The van der Waals surface area contributed by atoms with Gasteiger partial charge in [0.15, 0.2) is 5.11 Å². The molecule has 5 rings (SSSR count). The van der Waals surface area contributed by atoms with E-state index in [0.717, 1.165) is 5.69 Å². The normalized spacial score (nSPS) is 21.2. The van der Waals surface area contributed by atoms with E-state index in [1.807, 2.05) is 101 Å². The van der Waals surface area contributed by atoms with Crippen LogP contribution >= 0.6 is 12.2 Å². The maximum atomic E-state index is 13.3. The van der Waals surface area contributed by atoms with Gasteiger partial charge in [0.05, 0.1) is 18.9 Å². The standard InChI is InChI=1S/C27H27N5O2S/c33-24(21-10-4-1-5-11-21)31-17-27(29-26(35)28-23-14-8-3-9-15-23)16-30(19-31)20-32(18-27)25(34)22-12-6-2-7-13-22/h1-15H,16-20H2,(H2,28,29,35). The zero-order chi connectivity index (χ0) is 24.3. The van der Waals surface area contributed by atoms with Gasteiger partial charge in [0.25, 0.3) is 11.8 Å². The molecule has 7 nitrogen and oxygen atoms in total. The van der Waals surface area contributed by atoms with Crippen LogP contribution in [0.5, 0.6) is 0 Å². The lowest BCUT2D eigenvalue weighted by atomic mass is 9.92. The summed E-state index contributed by atoms with van der Waals surface area (Å²) in [6.45, 7) is 2.39. The minimum absolute atomic E-state index is 0.0359. The first-order valence-electron chi connectivity index (χ1n) is 11.6. The summed E-state index contributed by atoms with van der Waals surface area (Å²) in [4.78, 5) is 32.4. The number of fused-ring (bicyclic) bond motifs is 2. The van der Waals surface area contributed by atoms with Crippen molar-refractivity contribution in [3.05, 3.63) is 102 Å². The van der Waals surface area contributed by atoms with E-state index in [-0.39, 0.29) is 11.8 Å². The third kappa shape index (κ3) is 5.18. The largest absolute Gasteiger partial charge is 0.352 e. The molecule has 2 bridgehead atoms. The number of hydrogen-bond donors (Lipinski definition) is 2. The van der Waals surface area contributed by atoms with Crippen molar-refractivity contribution in [2.24, 2.45) is 0 Å². The molecule has 2 amide bonds. The quantitative estimate of drug-likeness (QED) is 0.553. The van der Waals surface area contributed by atoms with E-state index in [4.69, 9.17) is 12.2 Å². The highest BCUT2D eigenvalue weighted by atomic mass is 32.1. The maximum absolute atomic E-state index is 13.3. The molecule has 0 radical (unpaired) electrons. The summed E-state index contributed by atoms with van der Waals surface area (Å²) in [7, 11) is 0. The Bertz CT molecular complexity index is 1140. The molecule has 2 fully saturated rings. The molecule has 3 aromatic carbocycles. The molecular formula is C27H27N5O2S. The number of hydrogen-bond acceptors (Lipinski definition) is 4. The molecule has 8 heteroatoms. The van der Waals surface area contributed by atoms with Crippen molar-refractivity contribution in [2.75, 3.05) is 38.3 Å². The van der Waals surface area contributed by atoms with E-state index in [0.29, 0.717) is 49.2 Å². The number of thiocarbonyl (C=S) groups is 1. The predicted octanol–water partition coefficient (Wildman–Crippen LogP) is 3.24. The number of anilines is 1. The summed E-state index contributed by atoms with van der Waals surface area (Å²) in [5.41, 5.74) is 1.54. The van der Waals surface area contributed by atoms with Crippen LogP contribution in [0.15, 0.2) is 91.0 Å². The minimum Gasteiger partial charge on any atom is -0.352 e. The third-order valence-electron chi connectivity index (χ3n) is 6.28. The summed E-state index contributed by atoms with van der Waals surface area (Å²) >= 11 is 5.67. The number of amides is 2. The smallest absolute Gasteiger partial charge is 0.254 e. The number of carbonyl (C=O) groups excluding carboxylic acids is 2. The van der Waals surface area contributed by atoms with Crippen molar-refractivity contribution in [3.63, 3.8) is 0 Å². The molecule has 0 atom stereocenters. The van der Waals surface area contributed by atoms with Gasteiger partial charge in [-0.05, 0) is 48.6 Å². The molecule has 2 aliphatic heterocycles. The van der Waals surface area contributed by atoms with Gasteiger partial charge in [-0.1, -0.05) is 54.6 Å². The van der Waals surface area contributed by atoms with Gasteiger partial charge in [0.1, 0.15) is 0 Å². The Morgan fingerprint density at radius 1 is 0.686 bits per heavy atom. The van der Waals surface area contributed by atoms with Crippen molar-refractivity contribution >= 4 is 34.8 Å². The number of para-hydroxylation sites is 1. The van der Waals surface area contributed by atoms with Crippen molar-refractivity contribution < 1.29 is 9.59 Å². The molecule has 35 heavy (non-hydrogen) atoms. The van der Waals surface area contributed by atoms with Crippen LogP contribution in [0.1, 0.15) is 20.7 Å². The van der Waals surface area contributed by atoms with E-state index in [1.54, 1.807) is 0 Å². The highest BCUT2D eigenvalue weighted by Crippen LogP contribution is 2.26. The maximum Gasteiger partial charge on any atom is 0.254 e. The minimum atomic E-state index is -0.621. The van der Waals surface area contributed by atoms with Gasteiger partial charge < -0.3 is 20.4 Å². The van der Waals surface area contributed by atoms with E-state index in [9.17, 15) is 9.59 Å². The van der Waals surface area contributed by atoms with Crippen LogP contribution in [0.3, 0.4) is 0 Å². The molecule has 0 aromatic heterocycles. The Balaban J connectivity index is 1.40. The van der Waals surface area contributed by atoms with Gasteiger partial charge in [-0.15, -0.1) is 0 Å². The van der Waals surface area contributed by atoms with E-state index in [2.05, 4.69) is 15.5 Å². The first-order valence-corrected chi connectivity index (χ1v) is 12.0. The van der Waals surface area contributed by atoms with E-state index in [1.165, 1.54) is 0 Å². The molecular weight excluding hydrogens is 458 g/mol. The number of nitrogens with one attached hydrogen (secondary N) is 2. The van der Waals surface area contributed by atoms with Crippen LogP contribution in [0.2, 0.25) is 0 Å². The van der Waals surface area contributed by atoms with E-state index >= 15 is 0 Å². The fourth-order valence-corrected chi connectivity index (χ4v) is 5.21. The van der Waals surface area contributed by atoms with Crippen molar-refractivity contribution in [1.29, 1.82) is 0 Å². The van der Waals surface area contributed by atoms with Crippen molar-refractivity contribution in [1.82, 2.24) is 20.0 Å². The van der Waals surface area contributed by atoms with Crippen LogP contribution in [0, 0.1) is 0 Å². The molecule has 2 aliphatic rings. The SMILES string of the molecule is O=C(c1ccccc1)N1CN2CN(C(=O)c3ccccc3)CC(NC(=S)Nc3ccccc3)(C2)C1. The van der Waals surface area contributed by atoms with Crippen LogP contribution < -0.4 is 10.6 Å². The molecule has 2 heterocycles. The highest BCUT2D eigenvalue weighted by molar-refractivity contribution is 7.80. The van der Waals surface area contributed by atoms with Gasteiger partial charge in [-0.25, -0.2) is 0 Å². The lowest BCUT2D eigenvalue weighted by Gasteiger charge is -2.54. The number of nitrogens with zero attached hydrogens (tertiary/aromatic N) is 3. The summed E-state index contributed by atoms with van der Waals surface area (Å²) < 4.78 is 0. The van der Waals surface area contributed by atoms with Crippen LogP contribution in [0.4, 0.5) is 5.69 Å². The zero-order valence-corrected chi connectivity index (χ0v) is 20.1. The van der Waals surface area contributed by atoms with Crippen LogP contribution in [0.25, 0.3) is 0 Å².